The Kier molecular flexibility index (Phi) is 8.88. The molecule has 0 aliphatic carbocycles. The zero-order chi connectivity index (χ0) is 9.23. The topological polar surface area (TPSA) is 27.7 Å². The van der Waals surface area contributed by atoms with Crippen molar-refractivity contribution in [2.45, 2.75) is 18.9 Å². The highest BCUT2D eigenvalue weighted by Gasteiger charge is 2.04. The first-order valence-electron chi connectivity index (χ1n) is 4.23. The fraction of sp³-hybridized carbons (Fsp3) is 0.889. The van der Waals surface area contributed by atoms with Crippen molar-refractivity contribution in [1.82, 2.24) is 0 Å². The molecule has 0 saturated carbocycles. The van der Waals surface area contributed by atoms with E-state index in [1.165, 1.54) is 0 Å². The summed E-state index contributed by atoms with van der Waals surface area (Å²) in [7, 11) is 3.35. The highest BCUT2D eigenvalue weighted by molar-refractivity contribution is 4.58. The number of methoxy groups -OCH3 is 2. The molecule has 0 aliphatic rings. The fourth-order valence-corrected chi connectivity index (χ4v) is 0.858. The molecule has 0 fully saturated rings. The normalized spacial score (nSPS) is 13.2. The molecule has 0 amide bonds. The molecule has 0 aromatic rings. The first-order chi connectivity index (χ1) is 5.85. The lowest BCUT2D eigenvalue weighted by Gasteiger charge is -2.14. The van der Waals surface area contributed by atoms with Crippen LogP contribution in [-0.2, 0) is 14.2 Å². The summed E-state index contributed by atoms with van der Waals surface area (Å²) < 4.78 is 15.3. The average Bonchev–Trinajstić information content (AvgIpc) is 2.11. The first-order valence-corrected chi connectivity index (χ1v) is 4.23. The Balaban J connectivity index is 3.26. The third-order valence-corrected chi connectivity index (χ3v) is 1.61. The van der Waals surface area contributed by atoms with E-state index < -0.39 is 0 Å². The van der Waals surface area contributed by atoms with E-state index in [9.17, 15) is 0 Å². The molecule has 3 heteroatoms. The van der Waals surface area contributed by atoms with E-state index in [1.54, 1.807) is 14.2 Å². The van der Waals surface area contributed by atoms with E-state index in [0.29, 0.717) is 13.2 Å². The van der Waals surface area contributed by atoms with Gasteiger partial charge in [0, 0.05) is 20.8 Å². The van der Waals surface area contributed by atoms with Gasteiger partial charge in [0.25, 0.3) is 0 Å². The molecule has 0 rings (SSSR count). The minimum atomic E-state index is 0.208. The smallest absolute Gasteiger partial charge is 0.0704 e. The van der Waals surface area contributed by atoms with Crippen molar-refractivity contribution >= 4 is 0 Å². The molecule has 0 aromatic carbocycles. The van der Waals surface area contributed by atoms with Crippen LogP contribution in [0.1, 0.15) is 12.8 Å². The highest BCUT2D eigenvalue weighted by atomic mass is 16.5. The largest absolute Gasteiger partial charge is 0.385 e. The van der Waals surface area contributed by atoms with Crippen LogP contribution in [0, 0.1) is 6.92 Å². The zero-order valence-corrected chi connectivity index (χ0v) is 8.04. The van der Waals surface area contributed by atoms with Crippen molar-refractivity contribution < 1.29 is 14.2 Å². The molecular formula is C9H19O3. The summed E-state index contributed by atoms with van der Waals surface area (Å²) in [5.74, 6) is 0. The minimum Gasteiger partial charge on any atom is -0.385 e. The lowest BCUT2D eigenvalue weighted by molar-refractivity contribution is 0.00333. The van der Waals surface area contributed by atoms with Crippen LogP contribution in [0.25, 0.3) is 0 Å². The summed E-state index contributed by atoms with van der Waals surface area (Å²) in [5.41, 5.74) is 0. The first kappa shape index (κ1) is 11.9. The van der Waals surface area contributed by atoms with Crippen molar-refractivity contribution in [2.75, 3.05) is 34.0 Å². The van der Waals surface area contributed by atoms with Gasteiger partial charge in [-0.2, -0.15) is 0 Å². The molecule has 1 atom stereocenters. The van der Waals surface area contributed by atoms with E-state index in [1.807, 2.05) is 0 Å². The second-order valence-electron chi connectivity index (χ2n) is 2.56. The molecule has 0 aromatic heterocycles. The maximum absolute atomic E-state index is 5.47. The van der Waals surface area contributed by atoms with Gasteiger partial charge in [-0.05, 0) is 12.8 Å². The molecule has 0 N–H and O–H groups in total. The summed E-state index contributed by atoms with van der Waals surface area (Å²) in [6.45, 7) is 5.81. The molecular weight excluding hydrogens is 156 g/mol. The van der Waals surface area contributed by atoms with Gasteiger partial charge in [-0.25, -0.2) is 0 Å². The summed E-state index contributed by atoms with van der Waals surface area (Å²) in [4.78, 5) is 0. The Hall–Kier alpha value is -0.120. The lowest BCUT2D eigenvalue weighted by atomic mass is 10.2. The van der Waals surface area contributed by atoms with Crippen LogP contribution in [0.15, 0.2) is 0 Å². The van der Waals surface area contributed by atoms with Gasteiger partial charge in [0.1, 0.15) is 0 Å². The number of hydrogen-bond acceptors (Lipinski definition) is 3. The fourth-order valence-electron chi connectivity index (χ4n) is 0.858. The Bertz CT molecular complexity index is 85.8. The van der Waals surface area contributed by atoms with Crippen LogP contribution in [0.2, 0.25) is 0 Å². The van der Waals surface area contributed by atoms with Crippen molar-refractivity contribution in [3.63, 3.8) is 0 Å². The maximum atomic E-state index is 5.47. The quantitative estimate of drug-likeness (QED) is 0.520. The van der Waals surface area contributed by atoms with Crippen LogP contribution in [-0.4, -0.2) is 40.1 Å². The van der Waals surface area contributed by atoms with Crippen LogP contribution in [0.5, 0.6) is 0 Å². The van der Waals surface area contributed by atoms with Crippen molar-refractivity contribution in [3.8, 4) is 0 Å². The van der Waals surface area contributed by atoms with Gasteiger partial charge in [-0.15, -0.1) is 0 Å². The lowest BCUT2D eigenvalue weighted by Crippen LogP contribution is -2.17. The zero-order valence-electron chi connectivity index (χ0n) is 8.04. The molecule has 0 aliphatic heterocycles. The molecule has 0 saturated heterocycles. The standard InChI is InChI=1S/C9H19O3/c1-4-9(5-6-10-2)12-8-7-11-3/h9H,1,4-8H2,2-3H3. The molecule has 1 unspecified atom stereocenters. The number of ether oxygens (including phenoxy) is 3. The van der Waals surface area contributed by atoms with Gasteiger partial charge in [-0.1, -0.05) is 6.92 Å². The van der Waals surface area contributed by atoms with Crippen LogP contribution in [0.3, 0.4) is 0 Å². The van der Waals surface area contributed by atoms with Crippen LogP contribution >= 0.6 is 0 Å². The van der Waals surface area contributed by atoms with Gasteiger partial charge >= 0.3 is 0 Å². The minimum absolute atomic E-state index is 0.208. The maximum Gasteiger partial charge on any atom is 0.0704 e. The van der Waals surface area contributed by atoms with E-state index in [0.717, 1.165) is 19.4 Å². The molecule has 0 spiro atoms. The summed E-state index contributed by atoms with van der Waals surface area (Å²) in [5, 5.41) is 0. The molecule has 73 valence electrons. The van der Waals surface area contributed by atoms with Gasteiger partial charge in [0.2, 0.25) is 0 Å². The molecule has 3 nitrogen and oxygen atoms in total. The average molecular weight is 175 g/mol. The summed E-state index contributed by atoms with van der Waals surface area (Å²) in [6, 6.07) is 0. The molecule has 0 heterocycles. The predicted molar refractivity (Wildman–Crippen MR) is 48.1 cm³/mol. The van der Waals surface area contributed by atoms with E-state index in [-0.39, 0.29) is 6.10 Å². The highest BCUT2D eigenvalue weighted by Crippen LogP contribution is 2.02. The Morgan fingerprint density at radius 1 is 1.08 bits per heavy atom. The summed E-state index contributed by atoms with van der Waals surface area (Å²) >= 11 is 0. The van der Waals surface area contributed by atoms with Crippen LogP contribution in [0.4, 0.5) is 0 Å². The van der Waals surface area contributed by atoms with Crippen molar-refractivity contribution in [2.24, 2.45) is 0 Å². The van der Waals surface area contributed by atoms with Gasteiger partial charge < -0.3 is 14.2 Å². The van der Waals surface area contributed by atoms with E-state index in [2.05, 4.69) is 6.92 Å². The van der Waals surface area contributed by atoms with E-state index in [4.69, 9.17) is 14.2 Å². The molecule has 0 bridgehead atoms. The predicted octanol–water partition coefficient (Wildman–Crippen LogP) is 1.28. The van der Waals surface area contributed by atoms with Crippen LogP contribution < -0.4 is 0 Å². The van der Waals surface area contributed by atoms with Gasteiger partial charge in [-0.3, -0.25) is 0 Å². The van der Waals surface area contributed by atoms with Crippen molar-refractivity contribution in [1.29, 1.82) is 0 Å². The SMILES string of the molecule is [CH2]CC(CCOC)OCCOC. The Morgan fingerprint density at radius 3 is 2.25 bits per heavy atom. The second-order valence-corrected chi connectivity index (χ2v) is 2.56. The number of rotatable bonds is 8. The monoisotopic (exact) mass is 175 g/mol. The second kappa shape index (κ2) is 8.97. The van der Waals surface area contributed by atoms with Gasteiger partial charge in [0.15, 0.2) is 0 Å². The summed E-state index contributed by atoms with van der Waals surface area (Å²) in [6.07, 6.45) is 1.90. The third-order valence-electron chi connectivity index (χ3n) is 1.61. The van der Waals surface area contributed by atoms with Crippen molar-refractivity contribution in [3.05, 3.63) is 6.92 Å². The Labute approximate surface area is 75.0 Å². The van der Waals surface area contributed by atoms with E-state index >= 15 is 0 Å². The number of hydrogen-bond donors (Lipinski definition) is 0. The third kappa shape index (κ3) is 6.58. The Morgan fingerprint density at radius 2 is 1.75 bits per heavy atom. The molecule has 1 radical (unpaired) electrons. The van der Waals surface area contributed by atoms with Gasteiger partial charge in [0.05, 0.1) is 19.3 Å². The molecule has 12 heavy (non-hydrogen) atoms.